The molecule has 0 spiro atoms. The molecule has 0 aromatic heterocycles. The van der Waals surface area contributed by atoms with Gasteiger partial charge in [0.25, 0.3) is 0 Å². The van der Waals surface area contributed by atoms with Crippen LogP contribution in [0.5, 0.6) is 0 Å². The van der Waals surface area contributed by atoms with Crippen LogP contribution in [0.1, 0.15) is 20.3 Å². The van der Waals surface area contributed by atoms with Gasteiger partial charge < -0.3 is 4.74 Å². The van der Waals surface area contributed by atoms with Gasteiger partial charge in [-0.1, -0.05) is 6.92 Å². The summed E-state index contributed by atoms with van der Waals surface area (Å²) in [6.45, 7) is 7.43. The molecule has 1 saturated heterocycles. The summed E-state index contributed by atoms with van der Waals surface area (Å²) in [5.41, 5.74) is 0.209. The van der Waals surface area contributed by atoms with Crippen LogP contribution in [0.2, 0.25) is 0 Å². The maximum atomic E-state index is 5.56. The van der Waals surface area contributed by atoms with Crippen molar-refractivity contribution >= 4 is 12.6 Å². The first-order valence-electron chi connectivity index (χ1n) is 5.01. The zero-order chi connectivity index (χ0) is 9.90. The predicted molar refractivity (Wildman–Crippen MR) is 59.5 cm³/mol. The van der Waals surface area contributed by atoms with E-state index in [2.05, 4.69) is 38.4 Å². The Morgan fingerprint density at radius 3 is 2.85 bits per heavy atom. The SMILES string of the molecule is C[C@H]1CCOC[C@@]1(C)N(C)CCS. The van der Waals surface area contributed by atoms with Gasteiger partial charge >= 0.3 is 0 Å². The summed E-state index contributed by atoms with van der Waals surface area (Å²) >= 11 is 4.26. The van der Waals surface area contributed by atoms with Crippen molar-refractivity contribution in [1.82, 2.24) is 4.90 Å². The van der Waals surface area contributed by atoms with Crippen molar-refractivity contribution in [1.29, 1.82) is 0 Å². The van der Waals surface area contributed by atoms with Crippen molar-refractivity contribution < 1.29 is 4.74 Å². The number of ether oxygens (including phenoxy) is 1. The Balaban J connectivity index is 2.59. The predicted octanol–water partition coefficient (Wildman–Crippen LogP) is 1.66. The fourth-order valence-electron chi connectivity index (χ4n) is 1.88. The molecule has 2 atom stereocenters. The number of thiol groups is 1. The molecule has 3 heteroatoms. The molecule has 0 aromatic rings. The lowest BCUT2D eigenvalue weighted by Gasteiger charge is -2.46. The summed E-state index contributed by atoms with van der Waals surface area (Å²) in [6.07, 6.45) is 1.17. The topological polar surface area (TPSA) is 12.5 Å². The fraction of sp³-hybridized carbons (Fsp3) is 1.00. The lowest BCUT2D eigenvalue weighted by Crippen LogP contribution is -2.55. The van der Waals surface area contributed by atoms with E-state index in [0.29, 0.717) is 5.92 Å². The first-order chi connectivity index (χ1) is 6.11. The maximum absolute atomic E-state index is 5.56. The molecule has 1 fully saturated rings. The van der Waals surface area contributed by atoms with Crippen LogP contribution < -0.4 is 0 Å². The highest BCUT2D eigenvalue weighted by Crippen LogP contribution is 2.30. The van der Waals surface area contributed by atoms with Crippen LogP contribution in [0.25, 0.3) is 0 Å². The van der Waals surface area contributed by atoms with E-state index in [9.17, 15) is 0 Å². The molecule has 0 bridgehead atoms. The molecule has 1 rings (SSSR count). The van der Waals surface area contributed by atoms with E-state index in [1.165, 1.54) is 6.42 Å². The Morgan fingerprint density at radius 2 is 2.31 bits per heavy atom. The number of hydrogen-bond acceptors (Lipinski definition) is 3. The molecule has 1 aliphatic rings. The van der Waals surface area contributed by atoms with Crippen molar-refractivity contribution in [2.45, 2.75) is 25.8 Å². The number of rotatable bonds is 3. The normalized spacial score (nSPS) is 35.3. The Kier molecular flexibility index (Phi) is 4.07. The third-order valence-corrected chi connectivity index (χ3v) is 3.66. The molecular weight excluding hydrogens is 182 g/mol. The van der Waals surface area contributed by atoms with Gasteiger partial charge in [-0.15, -0.1) is 0 Å². The van der Waals surface area contributed by atoms with E-state index < -0.39 is 0 Å². The largest absolute Gasteiger partial charge is 0.380 e. The Bertz CT molecular complexity index is 165. The van der Waals surface area contributed by atoms with Gasteiger partial charge in [-0.2, -0.15) is 12.6 Å². The van der Waals surface area contributed by atoms with E-state index in [0.717, 1.165) is 25.5 Å². The van der Waals surface area contributed by atoms with Crippen LogP contribution in [0.3, 0.4) is 0 Å². The summed E-state index contributed by atoms with van der Waals surface area (Å²) in [7, 11) is 2.17. The summed E-state index contributed by atoms with van der Waals surface area (Å²) in [5.74, 6) is 1.63. The zero-order valence-corrected chi connectivity index (χ0v) is 9.81. The zero-order valence-electron chi connectivity index (χ0n) is 8.92. The van der Waals surface area contributed by atoms with Crippen LogP contribution in [-0.2, 0) is 4.74 Å². The van der Waals surface area contributed by atoms with Gasteiger partial charge in [0.05, 0.1) is 6.61 Å². The molecule has 0 N–H and O–H groups in total. The molecule has 0 radical (unpaired) electrons. The van der Waals surface area contributed by atoms with Gasteiger partial charge in [0.15, 0.2) is 0 Å². The van der Waals surface area contributed by atoms with Gasteiger partial charge in [-0.05, 0) is 26.3 Å². The molecule has 1 aliphatic heterocycles. The minimum atomic E-state index is 0.209. The number of nitrogens with zero attached hydrogens (tertiary/aromatic N) is 1. The molecular formula is C10H21NOS. The van der Waals surface area contributed by atoms with Gasteiger partial charge in [-0.3, -0.25) is 4.90 Å². The summed E-state index contributed by atoms with van der Waals surface area (Å²) < 4.78 is 5.56. The third-order valence-electron chi connectivity index (χ3n) is 3.46. The Labute approximate surface area is 87.0 Å². The van der Waals surface area contributed by atoms with E-state index in [4.69, 9.17) is 4.74 Å². The van der Waals surface area contributed by atoms with Crippen molar-refractivity contribution in [3.05, 3.63) is 0 Å². The minimum absolute atomic E-state index is 0.209. The average Bonchev–Trinajstić information content (AvgIpc) is 2.11. The molecule has 78 valence electrons. The maximum Gasteiger partial charge on any atom is 0.0650 e. The lowest BCUT2D eigenvalue weighted by molar-refractivity contribution is -0.0608. The van der Waals surface area contributed by atoms with E-state index >= 15 is 0 Å². The van der Waals surface area contributed by atoms with Crippen LogP contribution in [-0.4, -0.2) is 43.0 Å². The van der Waals surface area contributed by atoms with E-state index in [1.54, 1.807) is 0 Å². The standard InChI is InChI=1S/C10H21NOS/c1-9-4-6-12-8-10(9,2)11(3)5-7-13/h9,13H,4-8H2,1-3H3/t9-,10+/m0/s1. The molecule has 0 aliphatic carbocycles. The molecule has 2 nitrogen and oxygen atoms in total. The molecule has 0 saturated carbocycles. The molecule has 0 unspecified atom stereocenters. The molecule has 13 heavy (non-hydrogen) atoms. The van der Waals surface area contributed by atoms with Crippen LogP contribution in [0.4, 0.5) is 0 Å². The van der Waals surface area contributed by atoms with Crippen LogP contribution in [0, 0.1) is 5.92 Å². The summed E-state index contributed by atoms with van der Waals surface area (Å²) in [5, 5.41) is 0. The van der Waals surface area contributed by atoms with Gasteiger partial charge in [-0.25, -0.2) is 0 Å². The fourth-order valence-corrected chi connectivity index (χ4v) is 2.18. The van der Waals surface area contributed by atoms with Crippen molar-refractivity contribution in [2.75, 3.05) is 32.6 Å². The number of likely N-dealkylation sites (N-methyl/N-ethyl adjacent to an activating group) is 1. The van der Waals surface area contributed by atoms with E-state index in [1.807, 2.05) is 0 Å². The van der Waals surface area contributed by atoms with Crippen LogP contribution >= 0.6 is 12.6 Å². The van der Waals surface area contributed by atoms with Crippen molar-refractivity contribution in [2.24, 2.45) is 5.92 Å². The second-order valence-electron chi connectivity index (χ2n) is 4.24. The third kappa shape index (κ3) is 2.39. The highest BCUT2D eigenvalue weighted by atomic mass is 32.1. The monoisotopic (exact) mass is 203 g/mol. The molecule has 1 heterocycles. The summed E-state index contributed by atoms with van der Waals surface area (Å²) in [4.78, 5) is 2.38. The number of hydrogen-bond donors (Lipinski definition) is 1. The van der Waals surface area contributed by atoms with Crippen molar-refractivity contribution in [3.8, 4) is 0 Å². The molecule has 0 aromatic carbocycles. The average molecular weight is 203 g/mol. The highest BCUT2D eigenvalue weighted by molar-refractivity contribution is 7.80. The Hall–Kier alpha value is 0.270. The van der Waals surface area contributed by atoms with Gasteiger partial charge in [0.1, 0.15) is 0 Å². The van der Waals surface area contributed by atoms with Crippen LogP contribution in [0.15, 0.2) is 0 Å². The first-order valence-corrected chi connectivity index (χ1v) is 5.64. The Morgan fingerprint density at radius 1 is 1.62 bits per heavy atom. The summed E-state index contributed by atoms with van der Waals surface area (Å²) in [6, 6.07) is 0. The minimum Gasteiger partial charge on any atom is -0.380 e. The quantitative estimate of drug-likeness (QED) is 0.700. The van der Waals surface area contributed by atoms with E-state index in [-0.39, 0.29) is 5.54 Å². The molecule has 0 amide bonds. The first kappa shape index (κ1) is 11.3. The lowest BCUT2D eigenvalue weighted by atomic mass is 9.82. The second kappa shape index (κ2) is 4.67. The highest BCUT2D eigenvalue weighted by Gasteiger charge is 2.37. The second-order valence-corrected chi connectivity index (χ2v) is 4.69. The smallest absolute Gasteiger partial charge is 0.0650 e. The van der Waals surface area contributed by atoms with Crippen molar-refractivity contribution in [3.63, 3.8) is 0 Å². The van der Waals surface area contributed by atoms with Gasteiger partial charge in [0, 0.05) is 24.4 Å². The van der Waals surface area contributed by atoms with Gasteiger partial charge in [0.2, 0.25) is 0 Å².